The van der Waals surface area contributed by atoms with E-state index < -0.39 is 5.91 Å². The van der Waals surface area contributed by atoms with E-state index in [4.69, 9.17) is 16.3 Å². The normalized spacial score (nSPS) is 11.2. The molecule has 1 aromatic heterocycles. The van der Waals surface area contributed by atoms with Crippen LogP contribution in [0.15, 0.2) is 59.5 Å². The zero-order chi connectivity index (χ0) is 20.8. The molecule has 3 aromatic rings. The number of ether oxygens (including phenoxy) is 1. The van der Waals surface area contributed by atoms with E-state index in [1.807, 2.05) is 49.6 Å². The summed E-state index contributed by atoms with van der Waals surface area (Å²) in [5, 5.41) is 14.9. The lowest BCUT2D eigenvalue weighted by atomic mass is 10.1. The number of anilines is 1. The van der Waals surface area contributed by atoms with E-state index in [0.717, 1.165) is 17.0 Å². The number of carbonyl (C=O) groups excluding carboxylic acids is 1. The molecular weight excluding hydrogens is 406 g/mol. The molecular formula is C22H18ClN3O2S. The molecule has 1 heterocycles. The summed E-state index contributed by atoms with van der Waals surface area (Å²) >= 11 is 7.15. The van der Waals surface area contributed by atoms with E-state index >= 15 is 0 Å². The van der Waals surface area contributed by atoms with Gasteiger partial charge in [-0.2, -0.15) is 5.26 Å². The fraction of sp³-hybridized carbons (Fsp3) is 0.136. The van der Waals surface area contributed by atoms with Gasteiger partial charge in [0.25, 0.3) is 5.91 Å². The van der Waals surface area contributed by atoms with Gasteiger partial charge in [-0.15, -0.1) is 11.3 Å². The van der Waals surface area contributed by atoms with Crippen molar-refractivity contribution < 1.29 is 9.53 Å². The third kappa shape index (κ3) is 5.67. The molecule has 0 saturated carbocycles. The minimum atomic E-state index is -0.510. The first-order chi connectivity index (χ1) is 13.9. The summed E-state index contributed by atoms with van der Waals surface area (Å²) in [6, 6.07) is 16.4. The Bertz CT molecular complexity index is 1060. The zero-order valence-electron chi connectivity index (χ0n) is 15.8. The molecule has 29 heavy (non-hydrogen) atoms. The van der Waals surface area contributed by atoms with Crippen LogP contribution >= 0.6 is 22.9 Å². The minimum absolute atomic E-state index is 0.0146. The second-order valence-electron chi connectivity index (χ2n) is 6.40. The standard InChI is InChI=1S/C22H18ClN3O2S/c1-14(2)28-19-9-5-16(6-10-19)20-13-29-22(25-20)26-21(27)17(12-24)11-15-3-7-18(23)8-4-15/h3-11,13-14H,1-2H3,(H,25,26,27)/b17-11+. The summed E-state index contributed by atoms with van der Waals surface area (Å²) in [6.07, 6.45) is 1.62. The van der Waals surface area contributed by atoms with E-state index in [1.54, 1.807) is 24.3 Å². The maximum Gasteiger partial charge on any atom is 0.268 e. The Morgan fingerprint density at radius 2 is 1.90 bits per heavy atom. The lowest BCUT2D eigenvalue weighted by Crippen LogP contribution is -2.13. The highest BCUT2D eigenvalue weighted by atomic mass is 35.5. The maximum atomic E-state index is 12.4. The van der Waals surface area contributed by atoms with Gasteiger partial charge < -0.3 is 4.74 Å². The van der Waals surface area contributed by atoms with Gasteiger partial charge in [0.05, 0.1) is 11.8 Å². The van der Waals surface area contributed by atoms with Gasteiger partial charge in [-0.3, -0.25) is 10.1 Å². The molecule has 0 atom stereocenters. The topological polar surface area (TPSA) is 75.0 Å². The number of nitriles is 1. The Labute approximate surface area is 178 Å². The smallest absolute Gasteiger partial charge is 0.268 e. The number of halogens is 1. The van der Waals surface area contributed by atoms with E-state index in [1.165, 1.54) is 17.4 Å². The maximum absolute atomic E-state index is 12.4. The van der Waals surface area contributed by atoms with Gasteiger partial charge in [0.1, 0.15) is 17.4 Å². The molecule has 0 saturated heterocycles. The molecule has 5 nitrogen and oxygen atoms in total. The van der Waals surface area contributed by atoms with Crippen molar-refractivity contribution in [3.05, 3.63) is 70.1 Å². The molecule has 2 aromatic carbocycles. The number of hydrogen-bond donors (Lipinski definition) is 1. The van der Waals surface area contributed by atoms with Gasteiger partial charge in [-0.25, -0.2) is 4.98 Å². The van der Waals surface area contributed by atoms with Gasteiger partial charge in [0.2, 0.25) is 0 Å². The molecule has 0 aliphatic rings. The Kier molecular flexibility index (Phi) is 6.65. The fourth-order valence-corrected chi connectivity index (χ4v) is 3.32. The summed E-state index contributed by atoms with van der Waals surface area (Å²) in [5.41, 5.74) is 2.35. The number of nitrogens with zero attached hydrogens (tertiary/aromatic N) is 2. The molecule has 1 amide bonds. The van der Waals surface area contributed by atoms with Crippen LogP contribution in [-0.2, 0) is 4.79 Å². The minimum Gasteiger partial charge on any atom is -0.491 e. The van der Waals surface area contributed by atoms with E-state index in [2.05, 4.69) is 10.3 Å². The molecule has 0 bridgehead atoms. The molecule has 0 fully saturated rings. The molecule has 0 spiro atoms. The van der Waals surface area contributed by atoms with Crippen molar-refractivity contribution in [1.82, 2.24) is 4.98 Å². The first-order valence-electron chi connectivity index (χ1n) is 8.86. The van der Waals surface area contributed by atoms with Gasteiger partial charge in [-0.1, -0.05) is 23.7 Å². The van der Waals surface area contributed by atoms with Crippen LogP contribution in [0.25, 0.3) is 17.3 Å². The number of carbonyl (C=O) groups is 1. The number of amides is 1. The first kappa shape index (κ1) is 20.6. The zero-order valence-corrected chi connectivity index (χ0v) is 17.4. The van der Waals surface area contributed by atoms with E-state index in [0.29, 0.717) is 15.7 Å². The number of thiazole rings is 1. The molecule has 3 rings (SSSR count). The van der Waals surface area contributed by atoms with Crippen LogP contribution in [-0.4, -0.2) is 17.0 Å². The molecule has 0 aliphatic carbocycles. The SMILES string of the molecule is CC(C)Oc1ccc(-c2csc(NC(=O)/C(C#N)=C/c3ccc(Cl)cc3)n2)cc1. The average molecular weight is 424 g/mol. The molecule has 1 N–H and O–H groups in total. The summed E-state index contributed by atoms with van der Waals surface area (Å²) in [5.74, 6) is 0.280. The van der Waals surface area contributed by atoms with Crippen molar-refractivity contribution >= 4 is 40.1 Å². The Balaban J connectivity index is 1.71. The second-order valence-corrected chi connectivity index (χ2v) is 7.70. The molecule has 0 radical (unpaired) electrons. The summed E-state index contributed by atoms with van der Waals surface area (Å²) < 4.78 is 5.64. The molecule has 146 valence electrons. The number of rotatable bonds is 6. The van der Waals surface area contributed by atoms with Gasteiger partial charge >= 0.3 is 0 Å². The van der Waals surface area contributed by atoms with Crippen molar-refractivity contribution in [2.75, 3.05) is 5.32 Å². The van der Waals surface area contributed by atoms with Crippen LogP contribution in [0.4, 0.5) is 5.13 Å². The van der Waals surface area contributed by atoms with Crippen molar-refractivity contribution in [3.63, 3.8) is 0 Å². The van der Waals surface area contributed by atoms with Gasteiger partial charge in [0, 0.05) is 16.0 Å². The lowest BCUT2D eigenvalue weighted by Gasteiger charge is -2.09. The van der Waals surface area contributed by atoms with Gasteiger partial charge in [-0.05, 0) is 61.9 Å². The van der Waals surface area contributed by atoms with E-state index in [9.17, 15) is 10.1 Å². The number of benzene rings is 2. The predicted molar refractivity (Wildman–Crippen MR) is 117 cm³/mol. The van der Waals surface area contributed by atoms with Gasteiger partial charge in [0.15, 0.2) is 5.13 Å². The third-order valence-corrected chi connectivity index (χ3v) is 4.80. The first-order valence-corrected chi connectivity index (χ1v) is 10.1. The summed E-state index contributed by atoms with van der Waals surface area (Å²) in [6.45, 7) is 3.94. The van der Waals surface area contributed by atoms with Crippen LogP contribution < -0.4 is 10.1 Å². The highest BCUT2D eigenvalue weighted by molar-refractivity contribution is 7.14. The van der Waals surface area contributed by atoms with Crippen LogP contribution in [0.3, 0.4) is 0 Å². The largest absolute Gasteiger partial charge is 0.491 e. The second kappa shape index (κ2) is 9.37. The summed E-state index contributed by atoms with van der Waals surface area (Å²) in [4.78, 5) is 16.9. The van der Waals surface area contributed by atoms with Crippen molar-refractivity contribution in [1.29, 1.82) is 5.26 Å². The number of aromatic nitrogens is 1. The van der Waals surface area contributed by atoms with Crippen LogP contribution in [0.1, 0.15) is 19.4 Å². The highest BCUT2D eigenvalue weighted by Gasteiger charge is 2.13. The van der Waals surface area contributed by atoms with E-state index in [-0.39, 0.29) is 11.7 Å². The lowest BCUT2D eigenvalue weighted by molar-refractivity contribution is -0.112. The molecule has 7 heteroatoms. The van der Waals surface area contributed by atoms with Crippen molar-refractivity contribution in [3.8, 4) is 23.1 Å². The molecule has 0 unspecified atom stereocenters. The number of nitrogens with one attached hydrogen (secondary N) is 1. The Morgan fingerprint density at radius 1 is 1.21 bits per heavy atom. The monoisotopic (exact) mass is 423 g/mol. The molecule has 0 aliphatic heterocycles. The highest BCUT2D eigenvalue weighted by Crippen LogP contribution is 2.27. The fourth-order valence-electron chi connectivity index (χ4n) is 2.48. The average Bonchev–Trinajstić information content (AvgIpc) is 3.16. The Hall–Kier alpha value is -3.14. The number of hydrogen-bond acceptors (Lipinski definition) is 5. The summed E-state index contributed by atoms with van der Waals surface area (Å²) in [7, 11) is 0. The quantitative estimate of drug-likeness (QED) is 0.401. The van der Waals surface area contributed by atoms with Crippen molar-refractivity contribution in [2.24, 2.45) is 0 Å². The Morgan fingerprint density at radius 3 is 2.52 bits per heavy atom. The van der Waals surface area contributed by atoms with Crippen LogP contribution in [0.2, 0.25) is 5.02 Å². The third-order valence-electron chi connectivity index (χ3n) is 3.79. The van der Waals surface area contributed by atoms with Crippen LogP contribution in [0.5, 0.6) is 5.75 Å². The van der Waals surface area contributed by atoms with Crippen LogP contribution in [0, 0.1) is 11.3 Å². The van der Waals surface area contributed by atoms with Crippen molar-refractivity contribution in [2.45, 2.75) is 20.0 Å². The predicted octanol–water partition coefficient (Wildman–Crippen LogP) is 5.80.